The monoisotopic (exact) mass is 370 g/mol. The predicted octanol–water partition coefficient (Wildman–Crippen LogP) is 3.24. The van der Waals surface area contributed by atoms with Crippen LogP contribution in [-0.2, 0) is 4.79 Å². The van der Waals surface area contributed by atoms with Gasteiger partial charge in [-0.2, -0.15) is 5.26 Å². The highest BCUT2D eigenvalue weighted by Crippen LogP contribution is 2.18. The highest BCUT2D eigenvalue weighted by atomic mass is 127. The lowest BCUT2D eigenvalue weighted by atomic mass is 9.95. The molecule has 0 saturated heterocycles. The molecule has 19 heavy (non-hydrogen) atoms. The van der Waals surface area contributed by atoms with Crippen molar-refractivity contribution in [1.29, 1.82) is 5.26 Å². The number of hydrogen-bond acceptors (Lipinski definition) is 3. The van der Waals surface area contributed by atoms with Crippen LogP contribution in [0.3, 0.4) is 0 Å². The lowest BCUT2D eigenvalue weighted by Crippen LogP contribution is -2.36. The van der Waals surface area contributed by atoms with Gasteiger partial charge in [0.25, 0.3) is 5.91 Å². The molecule has 0 atom stereocenters. The van der Waals surface area contributed by atoms with Crippen LogP contribution < -0.4 is 5.32 Å². The average molecular weight is 370 g/mol. The van der Waals surface area contributed by atoms with E-state index in [1.165, 1.54) is 12.5 Å². The van der Waals surface area contributed by atoms with Crippen LogP contribution in [0.5, 0.6) is 0 Å². The number of carbonyl (C=O) groups excluding carboxylic acids is 1. The second kappa shape index (κ2) is 6.75. The lowest BCUT2D eigenvalue weighted by Gasteiger charge is -2.22. The van der Waals surface area contributed by atoms with Crippen molar-refractivity contribution in [1.82, 2.24) is 5.32 Å². The normalized spacial score (nSPS) is 16.9. The van der Waals surface area contributed by atoms with E-state index in [1.54, 1.807) is 12.1 Å². The third-order valence-electron chi connectivity index (χ3n) is 3.19. The Morgan fingerprint density at radius 1 is 1.42 bits per heavy atom. The molecule has 0 unspecified atom stereocenters. The van der Waals surface area contributed by atoms with Gasteiger partial charge in [-0.3, -0.25) is 4.79 Å². The molecule has 1 aliphatic carbocycles. The van der Waals surface area contributed by atoms with Crippen LogP contribution in [0.4, 0.5) is 0 Å². The van der Waals surface area contributed by atoms with Crippen LogP contribution in [0.25, 0.3) is 6.08 Å². The zero-order valence-corrected chi connectivity index (χ0v) is 12.6. The maximum Gasteiger partial charge on any atom is 0.262 e. The molecule has 0 aliphatic heterocycles. The smallest absolute Gasteiger partial charge is 0.262 e. The minimum absolute atomic E-state index is 0.0938. The summed E-state index contributed by atoms with van der Waals surface area (Å²) in [5.74, 6) is 0.223. The van der Waals surface area contributed by atoms with Gasteiger partial charge >= 0.3 is 0 Å². The Morgan fingerprint density at radius 2 is 2.16 bits per heavy atom. The number of carbonyl (C=O) groups is 1. The second-order valence-electron chi connectivity index (χ2n) is 4.62. The first-order chi connectivity index (χ1) is 9.19. The second-order valence-corrected chi connectivity index (χ2v) is 5.68. The van der Waals surface area contributed by atoms with E-state index < -0.39 is 0 Å². The fourth-order valence-corrected chi connectivity index (χ4v) is 2.64. The van der Waals surface area contributed by atoms with Gasteiger partial charge in [0.15, 0.2) is 3.77 Å². The minimum Gasteiger partial charge on any atom is -0.451 e. The quantitative estimate of drug-likeness (QED) is 0.505. The van der Waals surface area contributed by atoms with Crippen molar-refractivity contribution < 1.29 is 9.21 Å². The van der Waals surface area contributed by atoms with Crippen molar-refractivity contribution in [2.24, 2.45) is 0 Å². The van der Waals surface area contributed by atoms with E-state index in [0.29, 0.717) is 5.76 Å². The maximum atomic E-state index is 12.0. The Hall–Kier alpha value is -1.29. The minimum atomic E-state index is -0.305. The molecule has 4 nitrogen and oxygen atoms in total. The Balaban J connectivity index is 2.02. The summed E-state index contributed by atoms with van der Waals surface area (Å²) in [5.41, 5.74) is 0.0938. The molecule has 0 spiro atoms. The number of furan rings is 1. The van der Waals surface area contributed by atoms with E-state index >= 15 is 0 Å². The van der Waals surface area contributed by atoms with Crippen molar-refractivity contribution >= 4 is 34.6 Å². The standard InChI is InChI=1S/C14H15IN2O2/c15-13-7-6-12(19-13)8-10(9-16)14(18)17-11-4-2-1-3-5-11/h6-8,11H,1-5H2,(H,17,18)/b10-8+. The third kappa shape index (κ3) is 4.10. The molecule has 1 saturated carbocycles. The van der Waals surface area contributed by atoms with Gasteiger partial charge in [0, 0.05) is 12.1 Å². The van der Waals surface area contributed by atoms with Crippen LogP contribution in [0.2, 0.25) is 0 Å². The highest BCUT2D eigenvalue weighted by molar-refractivity contribution is 14.1. The van der Waals surface area contributed by atoms with Crippen molar-refractivity contribution in [2.75, 3.05) is 0 Å². The van der Waals surface area contributed by atoms with Gasteiger partial charge < -0.3 is 9.73 Å². The van der Waals surface area contributed by atoms with Gasteiger partial charge in [-0.15, -0.1) is 0 Å². The fourth-order valence-electron chi connectivity index (χ4n) is 2.21. The van der Waals surface area contributed by atoms with Crippen LogP contribution in [0, 0.1) is 15.1 Å². The fraction of sp³-hybridized carbons (Fsp3) is 0.429. The summed E-state index contributed by atoms with van der Waals surface area (Å²) >= 11 is 2.04. The number of halogens is 1. The van der Waals surface area contributed by atoms with Crippen molar-refractivity contribution in [2.45, 2.75) is 38.1 Å². The molecule has 1 amide bonds. The van der Waals surface area contributed by atoms with Gasteiger partial charge in [0.2, 0.25) is 0 Å². The average Bonchev–Trinajstić information content (AvgIpc) is 2.82. The van der Waals surface area contributed by atoms with Crippen molar-refractivity contribution in [3.63, 3.8) is 0 Å². The van der Waals surface area contributed by atoms with E-state index in [1.807, 2.05) is 28.7 Å². The molecule has 0 bridgehead atoms. The lowest BCUT2D eigenvalue weighted by molar-refractivity contribution is -0.117. The zero-order valence-electron chi connectivity index (χ0n) is 10.5. The molecule has 1 aromatic heterocycles. The Kier molecular flexibility index (Phi) is 5.02. The molecular weight excluding hydrogens is 355 g/mol. The molecule has 2 rings (SSSR count). The maximum absolute atomic E-state index is 12.0. The molecule has 1 N–H and O–H groups in total. The molecule has 1 aromatic rings. The van der Waals surface area contributed by atoms with Gasteiger partial charge in [0.1, 0.15) is 17.4 Å². The first-order valence-corrected chi connectivity index (χ1v) is 7.45. The number of nitrogens with one attached hydrogen (secondary N) is 1. The Morgan fingerprint density at radius 3 is 2.74 bits per heavy atom. The summed E-state index contributed by atoms with van der Waals surface area (Å²) in [6.07, 6.45) is 7.02. The number of amides is 1. The molecule has 0 aromatic carbocycles. The molecule has 0 radical (unpaired) electrons. The molecule has 100 valence electrons. The van der Waals surface area contributed by atoms with Gasteiger partial charge in [0.05, 0.1) is 0 Å². The zero-order chi connectivity index (χ0) is 13.7. The Labute approximate surface area is 126 Å². The SMILES string of the molecule is N#C/C(=C\c1ccc(I)o1)C(=O)NC1CCCCC1. The summed E-state index contributed by atoms with van der Waals surface area (Å²) in [5, 5.41) is 12.0. The predicted molar refractivity (Wildman–Crippen MR) is 80.0 cm³/mol. The summed E-state index contributed by atoms with van der Waals surface area (Å²) < 4.78 is 6.07. The summed E-state index contributed by atoms with van der Waals surface area (Å²) in [6.45, 7) is 0. The van der Waals surface area contributed by atoms with Gasteiger partial charge in [-0.25, -0.2) is 0 Å². The third-order valence-corrected chi connectivity index (χ3v) is 3.77. The highest BCUT2D eigenvalue weighted by Gasteiger charge is 2.18. The van der Waals surface area contributed by atoms with Crippen molar-refractivity contribution in [3.05, 3.63) is 27.2 Å². The van der Waals surface area contributed by atoms with E-state index in [2.05, 4.69) is 5.32 Å². The first kappa shape index (κ1) is 14.1. The summed E-state index contributed by atoms with van der Waals surface area (Å²) in [4.78, 5) is 12.0. The van der Waals surface area contributed by atoms with E-state index in [9.17, 15) is 4.79 Å². The molecular formula is C14H15IN2O2. The van der Waals surface area contributed by atoms with Crippen LogP contribution in [0.1, 0.15) is 37.9 Å². The molecule has 5 heteroatoms. The van der Waals surface area contributed by atoms with E-state index in [-0.39, 0.29) is 17.5 Å². The van der Waals surface area contributed by atoms with Crippen LogP contribution in [0.15, 0.2) is 22.1 Å². The van der Waals surface area contributed by atoms with Gasteiger partial charge in [-0.1, -0.05) is 19.3 Å². The molecule has 1 aliphatic rings. The Bertz CT molecular complexity index is 522. The number of rotatable bonds is 3. The van der Waals surface area contributed by atoms with Gasteiger partial charge in [-0.05, 0) is 47.6 Å². The molecule has 1 heterocycles. The first-order valence-electron chi connectivity index (χ1n) is 6.37. The number of nitriles is 1. The number of hydrogen-bond donors (Lipinski definition) is 1. The van der Waals surface area contributed by atoms with Crippen LogP contribution >= 0.6 is 22.6 Å². The largest absolute Gasteiger partial charge is 0.451 e. The topological polar surface area (TPSA) is 66.0 Å². The van der Waals surface area contributed by atoms with Crippen LogP contribution in [-0.4, -0.2) is 11.9 Å². The number of nitrogens with zero attached hydrogens (tertiary/aromatic N) is 1. The molecule has 1 fully saturated rings. The van der Waals surface area contributed by atoms with E-state index in [4.69, 9.17) is 9.68 Å². The van der Waals surface area contributed by atoms with Crippen molar-refractivity contribution in [3.8, 4) is 6.07 Å². The summed E-state index contributed by atoms with van der Waals surface area (Å²) in [7, 11) is 0. The van der Waals surface area contributed by atoms with E-state index in [0.717, 1.165) is 29.5 Å². The summed E-state index contributed by atoms with van der Waals surface area (Å²) in [6, 6.07) is 5.67.